The maximum atomic E-state index is 2.25. The molecule has 0 heterocycles. The van der Waals surface area contributed by atoms with Crippen LogP contribution in [0.4, 0.5) is 0 Å². The third kappa shape index (κ3) is 10.2. The normalized spacial score (nSPS) is 8.32. The summed E-state index contributed by atoms with van der Waals surface area (Å²) in [6, 6.07) is 19.6. The van der Waals surface area contributed by atoms with Crippen molar-refractivity contribution in [2.45, 2.75) is 67.7 Å². The number of aryl methyl sites for hydroxylation is 3. The minimum Gasteiger partial charge on any atom is -0.0683 e. The summed E-state index contributed by atoms with van der Waals surface area (Å²) in [5.74, 6) is 0. The Labute approximate surface area is 139 Å². The van der Waals surface area contributed by atoms with Crippen LogP contribution >= 0.6 is 0 Å². The molecule has 0 nitrogen and oxygen atoms in total. The van der Waals surface area contributed by atoms with Gasteiger partial charge in [0, 0.05) is 0 Å². The molecule has 0 aliphatic heterocycles. The zero-order valence-corrected chi connectivity index (χ0v) is 15.8. The van der Waals surface area contributed by atoms with E-state index in [9.17, 15) is 0 Å². The molecule has 0 saturated heterocycles. The van der Waals surface area contributed by atoms with Gasteiger partial charge in [-0.25, -0.2) is 0 Å². The monoisotopic (exact) mass is 300 g/mol. The number of rotatable bonds is 4. The fourth-order valence-electron chi connectivity index (χ4n) is 1.87. The lowest BCUT2D eigenvalue weighted by molar-refractivity contribution is 0.957. The van der Waals surface area contributed by atoms with Crippen molar-refractivity contribution in [2.24, 2.45) is 0 Å². The quantitative estimate of drug-likeness (QED) is 0.564. The molecule has 0 bridgehead atoms. The Hall–Kier alpha value is -1.56. The van der Waals surface area contributed by atoms with Gasteiger partial charge in [0.2, 0.25) is 0 Å². The van der Waals surface area contributed by atoms with E-state index >= 15 is 0 Å². The second kappa shape index (κ2) is 17.5. The van der Waals surface area contributed by atoms with Gasteiger partial charge in [-0.15, -0.1) is 0 Å². The third-order valence-electron chi connectivity index (χ3n) is 2.98. The lowest BCUT2D eigenvalue weighted by atomic mass is 10.0. The molecule has 2 aromatic rings. The van der Waals surface area contributed by atoms with Crippen molar-refractivity contribution in [3.8, 4) is 0 Å². The van der Waals surface area contributed by atoms with E-state index in [2.05, 4.69) is 61.5 Å². The van der Waals surface area contributed by atoms with Gasteiger partial charge in [0.1, 0.15) is 0 Å². The molecule has 0 heteroatoms. The van der Waals surface area contributed by atoms with Gasteiger partial charge in [0.15, 0.2) is 0 Å². The van der Waals surface area contributed by atoms with Gasteiger partial charge in [0.25, 0.3) is 0 Å². The molecule has 22 heavy (non-hydrogen) atoms. The lowest BCUT2D eigenvalue weighted by Gasteiger charge is -2.03. The van der Waals surface area contributed by atoms with Crippen LogP contribution in [0.15, 0.2) is 54.6 Å². The molecule has 0 amide bonds. The molecule has 0 fully saturated rings. The standard InChI is InChI=1S/C16H18.3C2H6/c1-2-14-8-10-16(11-9-14)13-12-15-6-4-3-5-7-15;3*1-2/h3-11H,2,12-13H2,1H3;3*1-2H3. The van der Waals surface area contributed by atoms with Crippen LogP contribution in [0.3, 0.4) is 0 Å². The summed E-state index contributed by atoms with van der Waals surface area (Å²) in [5, 5.41) is 0. The van der Waals surface area contributed by atoms with Crippen LogP contribution in [0.5, 0.6) is 0 Å². The van der Waals surface area contributed by atoms with Crippen LogP contribution in [0.1, 0.15) is 65.2 Å². The molecule has 0 spiro atoms. The van der Waals surface area contributed by atoms with Gasteiger partial charge < -0.3 is 0 Å². The highest BCUT2D eigenvalue weighted by molar-refractivity contribution is 5.24. The van der Waals surface area contributed by atoms with Crippen molar-refractivity contribution in [2.75, 3.05) is 0 Å². The van der Waals surface area contributed by atoms with E-state index in [-0.39, 0.29) is 0 Å². The van der Waals surface area contributed by atoms with Crippen molar-refractivity contribution in [3.63, 3.8) is 0 Å². The second-order valence-corrected chi connectivity index (χ2v) is 4.16. The first-order chi connectivity index (χ1) is 10.9. The van der Waals surface area contributed by atoms with Gasteiger partial charge >= 0.3 is 0 Å². The van der Waals surface area contributed by atoms with Gasteiger partial charge in [0.05, 0.1) is 0 Å². The Morgan fingerprint density at radius 2 is 0.864 bits per heavy atom. The topological polar surface area (TPSA) is 0 Å². The average Bonchev–Trinajstić information content (AvgIpc) is 2.66. The highest BCUT2D eigenvalue weighted by atomic mass is 14.0. The Kier molecular flexibility index (Phi) is 18.1. The first kappa shape index (κ1) is 22.7. The molecule has 2 rings (SSSR count). The van der Waals surface area contributed by atoms with E-state index in [1.165, 1.54) is 16.7 Å². The van der Waals surface area contributed by atoms with Crippen molar-refractivity contribution in [3.05, 3.63) is 71.3 Å². The van der Waals surface area contributed by atoms with Gasteiger partial charge in [-0.1, -0.05) is 103 Å². The largest absolute Gasteiger partial charge is 0.0683 e. The molecule has 0 atom stereocenters. The Balaban J connectivity index is 0. The molecule has 0 radical (unpaired) electrons. The van der Waals surface area contributed by atoms with E-state index in [0.717, 1.165) is 19.3 Å². The number of hydrogen-bond acceptors (Lipinski definition) is 0. The van der Waals surface area contributed by atoms with Crippen LogP contribution < -0.4 is 0 Å². The highest BCUT2D eigenvalue weighted by Crippen LogP contribution is 2.09. The Morgan fingerprint density at radius 3 is 1.27 bits per heavy atom. The molecular formula is C22H36. The predicted octanol–water partition coefficient (Wildman–Crippen LogP) is 7.11. The number of hydrogen-bond donors (Lipinski definition) is 0. The summed E-state index contributed by atoms with van der Waals surface area (Å²) in [5.41, 5.74) is 4.27. The molecule has 0 saturated carbocycles. The molecule has 0 aliphatic carbocycles. The SMILES string of the molecule is CC.CC.CC.CCc1ccc(CCc2ccccc2)cc1. The average molecular weight is 301 g/mol. The third-order valence-corrected chi connectivity index (χ3v) is 2.98. The zero-order chi connectivity index (χ0) is 17.2. The van der Waals surface area contributed by atoms with E-state index in [1.807, 2.05) is 41.5 Å². The fraction of sp³-hybridized carbons (Fsp3) is 0.455. The minimum atomic E-state index is 1.12. The molecule has 124 valence electrons. The molecule has 0 N–H and O–H groups in total. The maximum Gasteiger partial charge on any atom is -0.0238 e. The van der Waals surface area contributed by atoms with Crippen molar-refractivity contribution in [1.82, 2.24) is 0 Å². The van der Waals surface area contributed by atoms with E-state index in [4.69, 9.17) is 0 Å². The maximum absolute atomic E-state index is 2.25. The Bertz CT molecular complexity index is 412. The summed E-state index contributed by atoms with van der Waals surface area (Å²) in [7, 11) is 0. The zero-order valence-electron chi connectivity index (χ0n) is 15.8. The van der Waals surface area contributed by atoms with Crippen molar-refractivity contribution < 1.29 is 0 Å². The fourth-order valence-corrected chi connectivity index (χ4v) is 1.87. The van der Waals surface area contributed by atoms with Gasteiger partial charge in [-0.05, 0) is 36.0 Å². The highest BCUT2D eigenvalue weighted by Gasteiger charge is 1.95. The summed E-state index contributed by atoms with van der Waals surface area (Å²) in [4.78, 5) is 0. The van der Waals surface area contributed by atoms with Crippen molar-refractivity contribution >= 4 is 0 Å². The van der Waals surface area contributed by atoms with Crippen LogP contribution in [-0.4, -0.2) is 0 Å². The molecule has 0 aromatic heterocycles. The molecule has 0 aliphatic rings. The van der Waals surface area contributed by atoms with Crippen LogP contribution in [0.2, 0.25) is 0 Å². The van der Waals surface area contributed by atoms with E-state index in [0.29, 0.717) is 0 Å². The van der Waals surface area contributed by atoms with E-state index < -0.39 is 0 Å². The van der Waals surface area contributed by atoms with Gasteiger partial charge in [-0.3, -0.25) is 0 Å². The van der Waals surface area contributed by atoms with Crippen molar-refractivity contribution in [1.29, 1.82) is 0 Å². The Morgan fingerprint density at radius 1 is 0.500 bits per heavy atom. The minimum absolute atomic E-state index is 1.12. The van der Waals surface area contributed by atoms with Gasteiger partial charge in [-0.2, -0.15) is 0 Å². The smallest absolute Gasteiger partial charge is 0.0238 e. The number of benzene rings is 2. The van der Waals surface area contributed by atoms with Crippen LogP contribution in [0, 0.1) is 0 Å². The van der Waals surface area contributed by atoms with Crippen LogP contribution in [-0.2, 0) is 19.3 Å². The first-order valence-electron chi connectivity index (χ1n) is 9.00. The summed E-state index contributed by atoms with van der Waals surface area (Å²) in [6.07, 6.45) is 3.39. The second-order valence-electron chi connectivity index (χ2n) is 4.16. The molecule has 2 aromatic carbocycles. The summed E-state index contributed by atoms with van der Waals surface area (Å²) < 4.78 is 0. The lowest BCUT2D eigenvalue weighted by Crippen LogP contribution is -1.91. The predicted molar refractivity (Wildman–Crippen MR) is 104 cm³/mol. The molecular weight excluding hydrogens is 264 g/mol. The van der Waals surface area contributed by atoms with E-state index in [1.54, 1.807) is 0 Å². The molecule has 0 unspecified atom stereocenters. The van der Waals surface area contributed by atoms with Crippen LogP contribution in [0.25, 0.3) is 0 Å². The summed E-state index contributed by atoms with van der Waals surface area (Å²) >= 11 is 0. The first-order valence-corrected chi connectivity index (χ1v) is 9.00. The summed E-state index contributed by atoms with van der Waals surface area (Å²) in [6.45, 7) is 14.2.